The minimum atomic E-state index is 0.477. The Kier molecular flexibility index (Phi) is 3.91. The highest BCUT2D eigenvalue weighted by molar-refractivity contribution is 4.91. The molecule has 94 valence electrons. The number of ether oxygens (including phenoxy) is 1. The molecule has 0 radical (unpaired) electrons. The predicted molar refractivity (Wildman–Crippen MR) is 67.6 cm³/mol. The first-order valence-electron chi connectivity index (χ1n) is 6.92. The van der Waals surface area contributed by atoms with Crippen molar-refractivity contribution in [2.45, 2.75) is 65.0 Å². The third-order valence-corrected chi connectivity index (χ3v) is 4.22. The van der Waals surface area contributed by atoms with Crippen LogP contribution < -0.4 is 5.32 Å². The van der Waals surface area contributed by atoms with Crippen LogP contribution in [0.25, 0.3) is 0 Å². The zero-order valence-electron chi connectivity index (χ0n) is 11.1. The molecular formula is C14H27NO. The smallest absolute Gasteiger partial charge is 0.0699 e. The molecule has 3 atom stereocenters. The monoisotopic (exact) mass is 225 g/mol. The lowest BCUT2D eigenvalue weighted by molar-refractivity contribution is 0.0147. The maximum absolute atomic E-state index is 5.76. The largest absolute Gasteiger partial charge is 0.377 e. The SMILES string of the molecule is CC1CC(C)(C)CC1NCC1CCCCO1. The second-order valence-electron chi connectivity index (χ2n) is 6.55. The van der Waals surface area contributed by atoms with E-state index in [1.54, 1.807) is 0 Å². The molecule has 1 N–H and O–H groups in total. The first kappa shape index (κ1) is 12.4. The molecule has 1 saturated carbocycles. The molecule has 2 heteroatoms. The van der Waals surface area contributed by atoms with E-state index in [4.69, 9.17) is 4.74 Å². The van der Waals surface area contributed by atoms with Crippen LogP contribution >= 0.6 is 0 Å². The number of hydrogen-bond donors (Lipinski definition) is 1. The Balaban J connectivity index is 1.73. The van der Waals surface area contributed by atoms with Crippen molar-refractivity contribution in [1.29, 1.82) is 0 Å². The fourth-order valence-electron chi connectivity index (χ4n) is 3.42. The van der Waals surface area contributed by atoms with Crippen LogP contribution in [0, 0.1) is 11.3 Å². The summed E-state index contributed by atoms with van der Waals surface area (Å²) in [4.78, 5) is 0. The summed E-state index contributed by atoms with van der Waals surface area (Å²) in [6, 6.07) is 0.709. The molecule has 2 rings (SSSR count). The lowest BCUT2D eigenvalue weighted by Crippen LogP contribution is -2.39. The van der Waals surface area contributed by atoms with Crippen molar-refractivity contribution in [2.24, 2.45) is 11.3 Å². The van der Waals surface area contributed by atoms with Gasteiger partial charge in [-0.1, -0.05) is 20.8 Å². The fraction of sp³-hybridized carbons (Fsp3) is 1.00. The third-order valence-electron chi connectivity index (χ3n) is 4.22. The van der Waals surface area contributed by atoms with Gasteiger partial charge in [-0.05, 0) is 43.4 Å². The molecular weight excluding hydrogens is 198 g/mol. The van der Waals surface area contributed by atoms with Gasteiger partial charge in [0.2, 0.25) is 0 Å². The first-order chi connectivity index (χ1) is 7.57. The van der Waals surface area contributed by atoms with Crippen LogP contribution in [0.15, 0.2) is 0 Å². The quantitative estimate of drug-likeness (QED) is 0.797. The Morgan fingerprint density at radius 3 is 2.62 bits per heavy atom. The topological polar surface area (TPSA) is 21.3 Å². The molecule has 1 aliphatic heterocycles. The van der Waals surface area contributed by atoms with E-state index in [1.165, 1.54) is 32.1 Å². The summed E-state index contributed by atoms with van der Waals surface area (Å²) < 4.78 is 5.76. The van der Waals surface area contributed by atoms with E-state index in [1.807, 2.05) is 0 Å². The van der Waals surface area contributed by atoms with Crippen LogP contribution in [0.3, 0.4) is 0 Å². The van der Waals surface area contributed by atoms with Crippen LogP contribution in [0.5, 0.6) is 0 Å². The molecule has 0 spiro atoms. The average molecular weight is 225 g/mol. The molecule has 0 amide bonds. The summed E-state index contributed by atoms with van der Waals surface area (Å²) in [6.07, 6.45) is 7.00. The molecule has 1 heterocycles. The van der Waals surface area contributed by atoms with Gasteiger partial charge in [-0.25, -0.2) is 0 Å². The normalized spacial score (nSPS) is 38.8. The van der Waals surface area contributed by atoms with Crippen molar-refractivity contribution >= 4 is 0 Å². The summed E-state index contributed by atoms with van der Waals surface area (Å²) in [7, 11) is 0. The van der Waals surface area contributed by atoms with Gasteiger partial charge in [0, 0.05) is 19.2 Å². The third kappa shape index (κ3) is 3.21. The van der Waals surface area contributed by atoms with Gasteiger partial charge in [0.1, 0.15) is 0 Å². The zero-order valence-corrected chi connectivity index (χ0v) is 11.1. The van der Waals surface area contributed by atoms with Gasteiger partial charge in [-0.2, -0.15) is 0 Å². The zero-order chi connectivity index (χ0) is 11.6. The standard InChI is InChI=1S/C14H27NO/c1-11-8-14(2,3)9-13(11)15-10-12-6-4-5-7-16-12/h11-13,15H,4-10H2,1-3H3. The lowest BCUT2D eigenvalue weighted by Gasteiger charge is -2.26. The van der Waals surface area contributed by atoms with E-state index in [0.29, 0.717) is 17.6 Å². The van der Waals surface area contributed by atoms with Crippen molar-refractivity contribution < 1.29 is 4.74 Å². The van der Waals surface area contributed by atoms with Gasteiger partial charge in [-0.3, -0.25) is 0 Å². The van der Waals surface area contributed by atoms with Gasteiger partial charge < -0.3 is 10.1 Å². The molecule has 3 unspecified atom stereocenters. The minimum absolute atomic E-state index is 0.477. The van der Waals surface area contributed by atoms with Gasteiger partial charge >= 0.3 is 0 Å². The van der Waals surface area contributed by atoms with Crippen LogP contribution in [0.4, 0.5) is 0 Å². The van der Waals surface area contributed by atoms with Gasteiger partial charge in [0.25, 0.3) is 0 Å². The summed E-state index contributed by atoms with van der Waals surface area (Å²) in [5.74, 6) is 0.818. The first-order valence-corrected chi connectivity index (χ1v) is 6.92. The second kappa shape index (κ2) is 5.05. The highest BCUT2D eigenvalue weighted by Gasteiger charge is 2.36. The van der Waals surface area contributed by atoms with Gasteiger partial charge in [0.15, 0.2) is 0 Å². The number of nitrogens with one attached hydrogen (secondary N) is 1. The highest BCUT2D eigenvalue weighted by Crippen LogP contribution is 2.40. The van der Waals surface area contributed by atoms with Crippen LogP contribution in [-0.2, 0) is 4.74 Å². The summed E-state index contributed by atoms with van der Waals surface area (Å²) in [5.41, 5.74) is 0.532. The molecule has 1 saturated heterocycles. The average Bonchev–Trinajstić information content (AvgIpc) is 2.50. The number of hydrogen-bond acceptors (Lipinski definition) is 2. The van der Waals surface area contributed by atoms with Crippen molar-refractivity contribution in [1.82, 2.24) is 5.32 Å². The van der Waals surface area contributed by atoms with Crippen molar-refractivity contribution in [3.63, 3.8) is 0 Å². The highest BCUT2D eigenvalue weighted by atomic mass is 16.5. The lowest BCUT2D eigenvalue weighted by atomic mass is 9.91. The maximum Gasteiger partial charge on any atom is 0.0699 e. The molecule has 0 bridgehead atoms. The Morgan fingerprint density at radius 2 is 2.06 bits per heavy atom. The molecule has 2 fully saturated rings. The summed E-state index contributed by atoms with van der Waals surface area (Å²) in [5, 5.41) is 3.73. The minimum Gasteiger partial charge on any atom is -0.377 e. The second-order valence-corrected chi connectivity index (χ2v) is 6.55. The molecule has 0 aromatic heterocycles. The van der Waals surface area contributed by atoms with Crippen molar-refractivity contribution in [3.8, 4) is 0 Å². The van der Waals surface area contributed by atoms with Crippen molar-refractivity contribution in [2.75, 3.05) is 13.2 Å². The van der Waals surface area contributed by atoms with E-state index in [0.717, 1.165) is 19.1 Å². The number of rotatable bonds is 3. The van der Waals surface area contributed by atoms with E-state index >= 15 is 0 Å². The van der Waals surface area contributed by atoms with Crippen LogP contribution in [0.2, 0.25) is 0 Å². The maximum atomic E-state index is 5.76. The Labute approximate surface area is 100 Å². The molecule has 1 aliphatic carbocycles. The predicted octanol–water partition coefficient (Wildman–Crippen LogP) is 2.97. The van der Waals surface area contributed by atoms with Crippen LogP contribution in [-0.4, -0.2) is 25.3 Å². The molecule has 16 heavy (non-hydrogen) atoms. The summed E-state index contributed by atoms with van der Waals surface area (Å²) in [6.45, 7) is 9.20. The molecule has 0 aromatic rings. The van der Waals surface area contributed by atoms with E-state index in [9.17, 15) is 0 Å². The van der Waals surface area contributed by atoms with Crippen LogP contribution in [0.1, 0.15) is 52.9 Å². The van der Waals surface area contributed by atoms with Gasteiger partial charge in [-0.15, -0.1) is 0 Å². The Bertz CT molecular complexity index is 221. The Hall–Kier alpha value is -0.0800. The van der Waals surface area contributed by atoms with E-state index in [2.05, 4.69) is 26.1 Å². The fourth-order valence-corrected chi connectivity index (χ4v) is 3.42. The van der Waals surface area contributed by atoms with Gasteiger partial charge in [0.05, 0.1) is 6.10 Å². The summed E-state index contributed by atoms with van der Waals surface area (Å²) >= 11 is 0. The van der Waals surface area contributed by atoms with E-state index < -0.39 is 0 Å². The molecule has 2 nitrogen and oxygen atoms in total. The molecule has 0 aromatic carbocycles. The van der Waals surface area contributed by atoms with Crippen molar-refractivity contribution in [3.05, 3.63) is 0 Å². The molecule has 2 aliphatic rings. The Morgan fingerprint density at radius 1 is 1.25 bits per heavy atom. The van der Waals surface area contributed by atoms with E-state index in [-0.39, 0.29) is 0 Å².